The van der Waals surface area contributed by atoms with Crippen LogP contribution >= 0.6 is 67.8 Å². The molecule has 0 saturated heterocycles. The quantitative estimate of drug-likeness (QED) is 0.488. The SMILES string of the molecule is O=C(O)CCC1(c2c(I)cc(I)cc2I)CCCC1. The first-order valence-corrected chi connectivity index (χ1v) is 9.55. The van der Waals surface area contributed by atoms with Gasteiger partial charge in [-0.2, -0.15) is 0 Å². The molecule has 0 radical (unpaired) electrons. The van der Waals surface area contributed by atoms with E-state index in [-0.39, 0.29) is 11.8 Å². The number of benzene rings is 1. The second-order valence-electron chi connectivity index (χ2n) is 5.13. The van der Waals surface area contributed by atoms with Crippen molar-refractivity contribution in [3.63, 3.8) is 0 Å². The molecule has 1 aliphatic carbocycles. The highest BCUT2D eigenvalue weighted by Gasteiger charge is 2.38. The summed E-state index contributed by atoms with van der Waals surface area (Å²) in [7, 11) is 0. The maximum Gasteiger partial charge on any atom is 0.303 e. The molecule has 1 fully saturated rings. The van der Waals surface area contributed by atoms with Crippen LogP contribution in [0.25, 0.3) is 0 Å². The maximum absolute atomic E-state index is 10.9. The van der Waals surface area contributed by atoms with Gasteiger partial charge in [0.2, 0.25) is 0 Å². The zero-order valence-electron chi connectivity index (χ0n) is 10.4. The molecule has 0 atom stereocenters. The van der Waals surface area contributed by atoms with Crippen molar-refractivity contribution in [2.75, 3.05) is 0 Å². The van der Waals surface area contributed by atoms with Crippen LogP contribution in [0.2, 0.25) is 0 Å². The first-order chi connectivity index (χ1) is 8.94. The van der Waals surface area contributed by atoms with Gasteiger partial charge in [0.25, 0.3) is 0 Å². The van der Waals surface area contributed by atoms with E-state index in [1.807, 2.05) is 0 Å². The van der Waals surface area contributed by atoms with Crippen LogP contribution < -0.4 is 0 Å². The van der Waals surface area contributed by atoms with Gasteiger partial charge in [0.1, 0.15) is 0 Å². The molecule has 0 heterocycles. The Morgan fingerprint density at radius 1 is 1.16 bits per heavy atom. The molecule has 0 bridgehead atoms. The molecule has 104 valence electrons. The van der Waals surface area contributed by atoms with Gasteiger partial charge >= 0.3 is 5.97 Å². The molecule has 0 spiro atoms. The van der Waals surface area contributed by atoms with E-state index >= 15 is 0 Å². The molecule has 5 heteroatoms. The van der Waals surface area contributed by atoms with Gasteiger partial charge in [-0.15, -0.1) is 0 Å². The van der Waals surface area contributed by atoms with E-state index in [9.17, 15) is 4.79 Å². The third kappa shape index (κ3) is 3.75. The van der Waals surface area contributed by atoms with Gasteiger partial charge in [-0.05, 0) is 110 Å². The average Bonchev–Trinajstić information content (AvgIpc) is 2.74. The van der Waals surface area contributed by atoms with Crippen LogP contribution in [-0.4, -0.2) is 11.1 Å². The van der Waals surface area contributed by atoms with Crippen molar-refractivity contribution in [2.24, 2.45) is 0 Å². The predicted molar refractivity (Wildman–Crippen MR) is 102 cm³/mol. The molecule has 0 aliphatic heterocycles. The zero-order valence-corrected chi connectivity index (χ0v) is 16.9. The van der Waals surface area contributed by atoms with Crippen LogP contribution in [0.5, 0.6) is 0 Å². The van der Waals surface area contributed by atoms with Crippen LogP contribution in [-0.2, 0) is 10.2 Å². The minimum Gasteiger partial charge on any atom is -0.481 e. The van der Waals surface area contributed by atoms with E-state index < -0.39 is 5.97 Å². The van der Waals surface area contributed by atoms with Gasteiger partial charge in [-0.3, -0.25) is 4.79 Å². The molecule has 2 nitrogen and oxygen atoms in total. The molecular formula is C14H15I3O2. The highest BCUT2D eigenvalue weighted by molar-refractivity contribution is 14.1. The van der Waals surface area contributed by atoms with Crippen LogP contribution in [0.15, 0.2) is 12.1 Å². The molecule has 0 amide bonds. The van der Waals surface area contributed by atoms with Crippen molar-refractivity contribution < 1.29 is 9.90 Å². The molecule has 1 N–H and O–H groups in total. The Labute approximate surface area is 154 Å². The van der Waals surface area contributed by atoms with Crippen molar-refractivity contribution >= 4 is 73.7 Å². The summed E-state index contributed by atoms with van der Waals surface area (Å²) in [4.78, 5) is 10.9. The van der Waals surface area contributed by atoms with Crippen molar-refractivity contribution in [1.29, 1.82) is 0 Å². The molecule has 0 aromatic heterocycles. The fourth-order valence-electron chi connectivity index (χ4n) is 3.07. The summed E-state index contributed by atoms with van der Waals surface area (Å²) in [6, 6.07) is 4.42. The van der Waals surface area contributed by atoms with Crippen LogP contribution in [0, 0.1) is 10.7 Å². The number of aliphatic carboxylic acids is 1. The Bertz CT molecular complexity index is 470. The maximum atomic E-state index is 10.9. The molecular weight excluding hydrogens is 581 g/mol. The topological polar surface area (TPSA) is 37.3 Å². The molecule has 1 aromatic rings. The van der Waals surface area contributed by atoms with E-state index in [0.717, 1.165) is 19.3 Å². The largest absolute Gasteiger partial charge is 0.481 e. The zero-order chi connectivity index (χ0) is 14.0. The summed E-state index contributed by atoms with van der Waals surface area (Å²) >= 11 is 7.17. The monoisotopic (exact) mass is 596 g/mol. The molecule has 2 rings (SSSR count). The molecule has 1 aliphatic rings. The Kier molecular flexibility index (Phi) is 5.78. The van der Waals surface area contributed by atoms with Gasteiger partial charge in [-0.1, -0.05) is 12.8 Å². The number of carboxylic acid groups (broad SMARTS) is 1. The standard InChI is InChI=1S/C14H15I3O2/c15-9-7-10(16)13(11(17)8-9)14(4-1-2-5-14)6-3-12(18)19/h7-8H,1-6H2,(H,18,19). The summed E-state index contributed by atoms with van der Waals surface area (Å²) in [5, 5.41) is 9.01. The Morgan fingerprint density at radius 3 is 2.16 bits per heavy atom. The number of hydrogen-bond acceptors (Lipinski definition) is 1. The summed E-state index contributed by atoms with van der Waals surface area (Å²) in [6.45, 7) is 0. The Hall–Kier alpha value is 0.880. The van der Waals surface area contributed by atoms with E-state index in [1.54, 1.807) is 0 Å². The number of halogens is 3. The summed E-state index contributed by atoms with van der Waals surface area (Å²) < 4.78 is 3.84. The highest BCUT2D eigenvalue weighted by atomic mass is 127. The second kappa shape index (κ2) is 6.76. The van der Waals surface area contributed by atoms with Gasteiger partial charge in [0.15, 0.2) is 0 Å². The minimum atomic E-state index is -0.679. The Morgan fingerprint density at radius 2 is 1.68 bits per heavy atom. The molecule has 19 heavy (non-hydrogen) atoms. The lowest BCUT2D eigenvalue weighted by Gasteiger charge is -2.31. The van der Waals surface area contributed by atoms with Crippen molar-refractivity contribution in [3.05, 3.63) is 28.4 Å². The van der Waals surface area contributed by atoms with Gasteiger partial charge < -0.3 is 5.11 Å². The number of hydrogen-bond donors (Lipinski definition) is 1. The van der Waals surface area contributed by atoms with Crippen LogP contribution in [0.4, 0.5) is 0 Å². The van der Waals surface area contributed by atoms with Gasteiger partial charge in [-0.25, -0.2) is 0 Å². The predicted octanol–water partition coefficient (Wildman–Crippen LogP) is 5.18. The number of carboxylic acids is 1. The Balaban J connectivity index is 2.42. The summed E-state index contributed by atoms with van der Waals surface area (Å²) in [5.41, 5.74) is 1.49. The van der Waals surface area contributed by atoms with Crippen LogP contribution in [0.3, 0.4) is 0 Å². The smallest absolute Gasteiger partial charge is 0.303 e. The number of rotatable bonds is 4. The third-order valence-electron chi connectivity index (χ3n) is 3.92. The third-order valence-corrected chi connectivity index (χ3v) is 6.24. The lowest BCUT2D eigenvalue weighted by atomic mass is 9.75. The fraction of sp³-hybridized carbons (Fsp3) is 0.500. The summed E-state index contributed by atoms with van der Waals surface area (Å²) in [6.07, 6.45) is 5.75. The van der Waals surface area contributed by atoms with Crippen molar-refractivity contribution in [1.82, 2.24) is 0 Å². The first kappa shape index (κ1) is 16.3. The van der Waals surface area contributed by atoms with E-state index in [1.165, 1.54) is 29.1 Å². The normalized spacial score (nSPS) is 17.6. The first-order valence-electron chi connectivity index (χ1n) is 6.31. The van der Waals surface area contributed by atoms with E-state index in [2.05, 4.69) is 79.9 Å². The van der Waals surface area contributed by atoms with Crippen molar-refractivity contribution in [2.45, 2.75) is 43.9 Å². The van der Waals surface area contributed by atoms with Crippen molar-refractivity contribution in [3.8, 4) is 0 Å². The minimum absolute atomic E-state index is 0.0930. The molecule has 1 aromatic carbocycles. The highest BCUT2D eigenvalue weighted by Crippen LogP contribution is 2.48. The fourth-order valence-corrected chi connectivity index (χ4v) is 7.80. The second-order valence-corrected chi connectivity index (χ2v) is 8.70. The van der Waals surface area contributed by atoms with Crippen LogP contribution in [0.1, 0.15) is 44.1 Å². The lowest BCUT2D eigenvalue weighted by Crippen LogP contribution is -2.26. The molecule has 0 unspecified atom stereocenters. The van der Waals surface area contributed by atoms with Gasteiger partial charge in [0, 0.05) is 17.1 Å². The lowest BCUT2D eigenvalue weighted by molar-refractivity contribution is -0.137. The van der Waals surface area contributed by atoms with Gasteiger partial charge in [0.05, 0.1) is 0 Å². The average molecular weight is 596 g/mol. The molecule has 1 saturated carbocycles. The summed E-state index contributed by atoms with van der Waals surface area (Å²) in [5.74, 6) is -0.679. The number of carbonyl (C=O) groups is 1. The van der Waals surface area contributed by atoms with E-state index in [4.69, 9.17) is 5.11 Å². The van der Waals surface area contributed by atoms with E-state index in [0.29, 0.717) is 0 Å².